The molecule has 0 bridgehead atoms. The van der Waals surface area contributed by atoms with Gasteiger partial charge in [-0.3, -0.25) is 9.59 Å². The molecule has 1 heterocycles. The molecule has 7 nitrogen and oxygen atoms in total. The van der Waals surface area contributed by atoms with Crippen molar-refractivity contribution in [1.29, 1.82) is 0 Å². The highest BCUT2D eigenvalue weighted by atomic mass is 32.2. The Morgan fingerprint density at radius 2 is 1.71 bits per heavy atom. The van der Waals surface area contributed by atoms with Crippen molar-refractivity contribution in [3.63, 3.8) is 0 Å². The molecule has 1 fully saturated rings. The minimum atomic E-state index is -3.85. The molecule has 0 aromatic heterocycles. The van der Waals surface area contributed by atoms with E-state index in [4.69, 9.17) is 0 Å². The first-order valence-electron chi connectivity index (χ1n) is 12.0. The molecule has 8 heteroatoms. The molecule has 1 aliphatic rings. The smallest absolute Gasteiger partial charge is 0.255 e. The third kappa shape index (κ3) is 5.55. The highest BCUT2D eigenvalue weighted by Crippen LogP contribution is 2.30. The van der Waals surface area contributed by atoms with Gasteiger partial charge in [0.15, 0.2) is 0 Å². The van der Waals surface area contributed by atoms with E-state index in [9.17, 15) is 18.0 Å². The number of aryl methyl sites for hydroxylation is 1. The van der Waals surface area contributed by atoms with E-state index in [0.717, 1.165) is 18.4 Å². The molecule has 1 saturated heterocycles. The molecule has 1 aliphatic heterocycles. The summed E-state index contributed by atoms with van der Waals surface area (Å²) in [7, 11) is -3.85. The fraction of sp³-hybridized carbons (Fsp3) is 0.333. The van der Waals surface area contributed by atoms with E-state index >= 15 is 0 Å². The Bertz CT molecular complexity index is 1350. The van der Waals surface area contributed by atoms with Crippen LogP contribution in [0.5, 0.6) is 0 Å². The molecule has 0 radical (unpaired) electrons. The maximum Gasteiger partial charge on any atom is 0.255 e. The highest BCUT2D eigenvalue weighted by Gasteiger charge is 2.28. The molecule has 1 atom stereocenters. The molecule has 0 saturated carbocycles. The van der Waals surface area contributed by atoms with E-state index in [1.165, 1.54) is 6.07 Å². The Kier molecular flexibility index (Phi) is 7.52. The summed E-state index contributed by atoms with van der Waals surface area (Å²) in [6.45, 7) is 4.87. The summed E-state index contributed by atoms with van der Waals surface area (Å²) in [5, 5.41) is 4.10. The lowest BCUT2D eigenvalue weighted by atomic mass is 10.1. The van der Waals surface area contributed by atoms with E-state index < -0.39 is 10.0 Å². The second kappa shape index (κ2) is 10.6. The van der Waals surface area contributed by atoms with Crippen LogP contribution in [-0.4, -0.2) is 44.3 Å². The number of piperidine rings is 1. The zero-order valence-electron chi connectivity index (χ0n) is 20.1. The number of sulfonamides is 1. The van der Waals surface area contributed by atoms with Crippen LogP contribution < -0.4 is 10.0 Å². The minimum Gasteiger partial charge on any atom is -0.341 e. The lowest BCUT2D eigenvalue weighted by Gasteiger charge is -2.33. The Morgan fingerprint density at radius 3 is 2.46 bits per heavy atom. The van der Waals surface area contributed by atoms with Gasteiger partial charge in [0.05, 0.1) is 4.90 Å². The molecule has 3 aromatic rings. The summed E-state index contributed by atoms with van der Waals surface area (Å²) in [6, 6.07) is 17.3. The molecular formula is C27H31N3O4S. The Morgan fingerprint density at radius 1 is 1.00 bits per heavy atom. The fourth-order valence-electron chi connectivity index (χ4n) is 4.59. The maximum atomic E-state index is 13.4. The average molecular weight is 494 g/mol. The molecule has 4 rings (SSSR count). The number of nitrogens with one attached hydrogen (secondary N) is 2. The van der Waals surface area contributed by atoms with Crippen LogP contribution in [0.1, 0.15) is 48.5 Å². The second-order valence-electron chi connectivity index (χ2n) is 8.98. The molecule has 1 unspecified atom stereocenters. The van der Waals surface area contributed by atoms with Crippen LogP contribution in [0.15, 0.2) is 65.6 Å². The van der Waals surface area contributed by atoms with Gasteiger partial charge < -0.3 is 10.2 Å². The van der Waals surface area contributed by atoms with E-state index in [2.05, 4.69) is 10.0 Å². The fourth-order valence-corrected chi connectivity index (χ4v) is 6.06. The summed E-state index contributed by atoms with van der Waals surface area (Å²) >= 11 is 0. The molecular weight excluding hydrogens is 462 g/mol. The van der Waals surface area contributed by atoms with Gasteiger partial charge in [0.1, 0.15) is 0 Å². The number of amides is 2. The topological polar surface area (TPSA) is 95.6 Å². The minimum absolute atomic E-state index is 0.0654. The van der Waals surface area contributed by atoms with Gasteiger partial charge in [-0.05, 0) is 49.9 Å². The molecule has 2 amide bonds. The predicted molar refractivity (Wildman–Crippen MR) is 138 cm³/mol. The number of hydrogen-bond donors (Lipinski definition) is 2. The first-order valence-corrected chi connectivity index (χ1v) is 13.5. The van der Waals surface area contributed by atoms with E-state index in [-0.39, 0.29) is 22.8 Å². The maximum absolute atomic E-state index is 13.4. The summed E-state index contributed by atoms with van der Waals surface area (Å²) in [6.07, 6.45) is 2.68. The highest BCUT2D eigenvalue weighted by molar-refractivity contribution is 7.89. The van der Waals surface area contributed by atoms with Gasteiger partial charge in [-0.25, -0.2) is 13.1 Å². The monoisotopic (exact) mass is 493 g/mol. The van der Waals surface area contributed by atoms with Crippen molar-refractivity contribution in [2.24, 2.45) is 0 Å². The van der Waals surface area contributed by atoms with Gasteiger partial charge >= 0.3 is 0 Å². The summed E-state index contributed by atoms with van der Waals surface area (Å²) in [5.74, 6) is -0.184. The third-order valence-electron chi connectivity index (χ3n) is 6.37. The number of rotatable bonds is 7. The zero-order chi connectivity index (χ0) is 25.0. The second-order valence-corrected chi connectivity index (χ2v) is 10.7. The number of likely N-dealkylation sites (tertiary alicyclic amines) is 1. The number of hydrogen-bond acceptors (Lipinski definition) is 4. The van der Waals surface area contributed by atoms with Crippen molar-refractivity contribution in [3.05, 3.63) is 71.8 Å². The number of carbonyl (C=O) groups is 2. The molecule has 184 valence electrons. The van der Waals surface area contributed by atoms with Gasteiger partial charge in [-0.2, -0.15) is 0 Å². The van der Waals surface area contributed by atoms with Crippen LogP contribution in [0.2, 0.25) is 0 Å². The zero-order valence-corrected chi connectivity index (χ0v) is 20.9. The average Bonchev–Trinajstić information content (AvgIpc) is 2.84. The molecule has 3 aromatic carbocycles. The van der Waals surface area contributed by atoms with Crippen molar-refractivity contribution in [3.8, 4) is 0 Å². The van der Waals surface area contributed by atoms with Crippen molar-refractivity contribution in [1.82, 2.24) is 9.62 Å². The lowest BCUT2D eigenvalue weighted by molar-refractivity contribution is -0.132. The molecule has 2 N–H and O–H groups in total. The normalized spacial score (nSPS) is 16.3. The molecule has 0 spiro atoms. The van der Waals surface area contributed by atoms with Gasteiger partial charge in [-0.1, -0.05) is 49.4 Å². The lowest BCUT2D eigenvalue weighted by Crippen LogP contribution is -2.49. The van der Waals surface area contributed by atoms with Crippen LogP contribution in [0.25, 0.3) is 10.8 Å². The first-order chi connectivity index (χ1) is 16.8. The summed E-state index contributed by atoms with van der Waals surface area (Å²) in [4.78, 5) is 27.1. The van der Waals surface area contributed by atoms with E-state index in [1.54, 1.807) is 35.2 Å². The van der Waals surface area contributed by atoms with Gasteiger partial charge in [0, 0.05) is 47.6 Å². The first kappa shape index (κ1) is 24.9. The largest absolute Gasteiger partial charge is 0.341 e. The van der Waals surface area contributed by atoms with Crippen LogP contribution in [0, 0.1) is 6.92 Å². The van der Waals surface area contributed by atoms with Crippen LogP contribution in [0.3, 0.4) is 0 Å². The number of anilines is 1. The van der Waals surface area contributed by atoms with Crippen molar-refractivity contribution >= 4 is 38.3 Å². The van der Waals surface area contributed by atoms with Crippen molar-refractivity contribution in [2.45, 2.75) is 50.5 Å². The summed E-state index contributed by atoms with van der Waals surface area (Å²) in [5.41, 5.74) is 1.97. The van der Waals surface area contributed by atoms with Gasteiger partial charge in [0.2, 0.25) is 15.9 Å². The molecule has 35 heavy (non-hydrogen) atoms. The van der Waals surface area contributed by atoms with Crippen LogP contribution >= 0.6 is 0 Å². The van der Waals surface area contributed by atoms with Crippen molar-refractivity contribution < 1.29 is 18.0 Å². The van der Waals surface area contributed by atoms with Crippen LogP contribution in [-0.2, 0) is 14.8 Å². The molecule has 0 aliphatic carbocycles. The van der Waals surface area contributed by atoms with Gasteiger partial charge in [0.25, 0.3) is 5.91 Å². The Labute approximate surface area is 206 Å². The Balaban J connectivity index is 1.60. The predicted octanol–water partition coefficient (Wildman–Crippen LogP) is 4.47. The van der Waals surface area contributed by atoms with E-state index in [1.807, 2.05) is 38.1 Å². The number of benzene rings is 3. The number of nitrogens with zero attached hydrogens (tertiary/aromatic N) is 1. The third-order valence-corrected chi connectivity index (χ3v) is 7.95. The number of carbonyl (C=O) groups excluding carboxylic acids is 2. The van der Waals surface area contributed by atoms with Crippen molar-refractivity contribution in [2.75, 3.05) is 18.4 Å². The Hall–Kier alpha value is -3.23. The standard InChI is InChI=1S/C27H31N3O4S/c1-3-9-26(31)30-17-8-11-20(18-30)29-35(33,34)25-16-15-24(22-13-6-7-14-23(22)25)28-27(32)21-12-5-4-10-19(21)2/h4-7,10,12-16,20,29H,3,8-9,11,17-18H2,1-2H3,(H,28,32). The number of fused-ring (bicyclic) bond motifs is 1. The van der Waals surface area contributed by atoms with E-state index in [0.29, 0.717) is 48.0 Å². The SMILES string of the molecule is CCCC(=O)N1CCCC(NS(=O)(=O)c2ccc(NC(=O)c3ccccc3C)c3ccccc23)C1. The summed E-state index contributed by atoms with van der Waals surface area (Å²) < 4.78 is 29.6. The van der Waals surface area contributed by atoms with Crippen LogP contribution in [0.4, 0.5) is 5.69 Å². The van der Waals surface area contributed by atoms with Gasteiger partial charge in [-0.15, -0.1) is 0 Å². The quantitative estimate of drug-likeness (QED) is 0.508.